The van der Waals surface area contributed by atoms with Gasteiger partial charge in [-0.2, -0.15) is 5.10 Å². The molecular weight excluding hydrogens is 325 g/mol. The molecule has 24 heavy (non-hydrogen) atoms. The Morgan fingerprint density at radius 3 is 2.29 bits per heavy atom. The number of halogens is 3. The first-order chi connectivity index (χ1) is 11.4. The van der Waals surface area contributed by atoms with E-state index < -0.39 is 34.9 Å². The predicted octanol–water partition coefficient (Wildman–Crippen LogP) is 2.65. The van der Waals surface area contributed by atoms with Crippen LogP contribution in [0.25, 0.3) is 0 Å². The van der Waals surface area contributed by atoms with Gasteiger partial charge in [-0.05, 0) is 24.3 Å². The topological polar surface area (TPSA) is 67.8 Å². The van der Waals surface area contributed by atoms with Gasteiger partial charge in [0.2, 0.25) is 0 Å². The van der Waals surface area contributed by atoms with Gasteiger partial charge in [-0.1, -0.05) is 12.1 Å². The maximum absolute atomic E-state index is 13.8. The molecule has 8 heteroatoms. The van der Waals surface area contributed by atoms with Gasteiger partial charge in [0.15, 0.2) is 0 Å². The van der Waals surface area contributed by atoms with Crippen LogP contribution < -0.4 is 5.43 Å². The van der Waals surface area contributed by atoms with Gasteiger partial charge in [0.05, 0.1) is 30.0 Å². The second kappa shape index (κ2) is 7.40. The van der Waals surface area contributed by atoms with E-state index in [0.29, 0.717) is 6.21 Å². The van der Waals surface area contributed by atoms with Gasteiger partial charge in [-0.3, -0.25) is 4.79 Å². The summed E-state index contributed by atoms with van der Waals surface area (Å²) in [5.41, 5.74) is 0.812. The quantitative estimate of drug-likeness (QED) is 0.530. The van der Waals surface area contributed by atoms with Crippen molar-refractivity contribution in [3.63, 3.8) is 0 Å². The van der Waals surface area contributed by atoms with Crippen LogP contribution in [0.1, 0.15) is 26.3 Å². The van der Waals surface area contributed by atoms with Crippen molar-refractivity contribution in [1.82, 2.24) is 5.43 Å². The molecule has 0 unspecified atom stereocenters. The molecule has 0 heterocycles. The minimum Gasteiger partial charge on any atom is -0.465 e. The number of methoxy groups -OCH3 is 1. The van der Waals surface area contributed by atoms with Crippen LogP contribution >= 0.6 is 0 Å². The molecule has 1 amide bonds. The van der Waals surface area contributed by atoms with Gasteiger partial charge in [-0.25, -0.2) is 23.4 Å². The fourth-order valence-electron chi connectivity index (χ4n) is 1.80. The molecule has 0 fully saturated rings. The molecule has 1 N–H and O–H groups in total. The number of amides is 1. The fraction of sp³-hybridized carbons (Fsp3) is 0.0625. The number of nitrogens with zero attached hydrogens (tertiary/aromatic N) is 1. The maximum atomic E-state index is 13.8. The number of nitrogens with one attached hydrogen (secondary N) is 1. The minimum absolute atomic E-state index is 0.267. The number of benzene rings is 2. The Morgan fingerprint density at radius 1 is 1.08 bits per heavy atom. The van der Waals surface area contributed by atoms with Crippen molar-refractivity contribution >= 4 is 18.1 Å². The first-order valence-electron chi connectivity index (χ1n) is 6.59. The Balaban J connectivity index is 2.16. The molecule has 0 atom stereocenters. The third kappa shape index (κ3) is 3.78. The van der Waals surface area contributed by atoms with Crippen LogP contribution in [0.15, 0.2) is 41.5 Å². The van der Waals surface area contributed by atoms with Crippen LogP contribution in [0.2, 0.25) is 0 Å². The fourth-order valence-corrected chi connectivity index (χ4v) is 1.80. The Kier molecular flexibility index (Phi) is 5.31. The molecule has 0 aliphatic rings. The SMILES string of the molecule is COC(=O)c1cc(F)c(/C=N/NC(=O)c2ccccc2F)c(F)c1. The molecule has 0 saturated carbocycles. The van der Waals surface area contributed by atoms with E-state index >= 15 is 0 Å². The van der Waals surface area contributed by atoms with Crippen molar-refractivity contribution in [3.05, 3.63) is 70.5 Å². The van der Waals surface area contributed by atoms with E-state index in [4.69, 9.17) is 0 Å². The average molecular weight is 336 g/mol. The van der Waals surface area contributed by atoms with Crippen molar-refractivity contribution in [2.45, 2.75) is 0 Å². The summed E-state index contributed by atoms with van der Waals surface area (Å²) in [7, 11) is 1.08. The summed E-state index contributed by atoms with van der Waals surface area (Å²) >= 11 is 0. The molecule has 124 valence electrons. The highest BCUT2D eigenvalue weighted by Gasteiger charge is 2.15. The van der Waals surface area contributed by atoms with Crippen LogP contribution in [-0.2, 0) is 4.74 Å². The van der Waals surface area contributed by atoms with Crippen LogP contribution in [-0.4, -0.2) is 25.2 Å². The lowest BCUT2D eigenvalue weighted by molar-refractivity contribution is 0.0599. The van der Waals surface area contributed by atoms with Gasteiger partial charge in [0, 0.05) is 0 Å². The third-order valence-electron chi connectivity index (χ3n) is 2.98. The van der Waals surface area contributed by atoms with E-state index in [9.17, 15) is 22.8 Å². The molecule has 2 aromatic carbocycles. The van der Waals surface area contributed by atoms with E-state index in [0.717, 1.165) is 25.3 Å². The van der Waals surface area contributed by atoms with Gasteiger partial charge in [0.1, 0.15) is 17.5 Å². The summed E-state index contributed by atoms with van der Waals surface area (Å²) in [6.45, 7) is 0. The standard InChI is InChI=1S/C16H11F3N2O3/c1-24-16(23)9-6-13(18)11(14(19)7-9)8-20-21-15(22)10-4-2-3-5-12(10)17/h2-8H,1H3,(H,21,22)/b20-8+. The lowest BCUT2D eigenvalue weighted by Crippen LogP contribution is -2.19. The highest BCUT2D eigenvalue weighted by molar-refractivity contribution is 5.95. The molecule has 2 aromatic rings. The van der Waals surface area contributed by atoms with Gasteiger partial charge >= 0.3 is 5.97 Å². The zero-order chi connectivity index (χ0) is 17.7. The van der Waals surface area contributed by atoms with Crippen molar-refractivity contribution in [1.29, 1.82) is 0 Å². The number of hydrogen-bond donors (Lipinski definition) is 1. The van der Waals surface area contributed by atoms with E-state index in [2.05, 4.69) is 9.84 Å². The molecule has 0 radical (unpaired) electrons. The van der Waals surface area contributed by atoms with Crippen molar-refractivity contribution in [2.75, 3.05) is 7.11 Å². The molecule has 0 spiro atoms. The molecule has 0 saturated heterocycles. The molecule has 5 nitrogen and oxygen atoms in total. The molecule has 2 rings (SSSR count). The van der Waals surface area contributed by atoms with E-state index in [-0.39, 0.29) is 11.1 Å². The molecule has 0 bridgehead atoms. The van der Waals surface area contributed by atoms with Crippen LogP contribution in [0.5, 0.6) is 0 Å². The lowest BCUT2D eigenvalue weighted by atomic mass is 10.1. The van der Waals surface area contributed by atoms with E-state index in [1.54, 1.807) is 0 Å². The maximum Gasteiger partial charge on any atom is 0.338 e. The lowest BCUT2D eigenvalue weighted by Gasteiger charge is -2.04. The van der Waals surface area contributed by atoms with E-state index in [1.165, 1.54) is 18.2 Å². The number of esters is 1. The number of carbonyl (C=O) groups excluding carboxylic acids is 2. The first-order valence-corrected chi connectivity index (χ1v) is 6.59. The Hall–Kier alpha value is -3.16. The van der Waals surface area contributed by atoms with Gasteiger partial charge in [-0.15, -0.1) is 0 Å². The number of rotatable bonds is 4. The number of hydrazone groups is 1. The summed E-state index contributed by atoms with van der Waals surface area (Å²) in [5, 5.41) is 3.39. The highest BCUT2D eigenvalue weighted by Crippen LogP contribution is 2.14. The molecule has 0 aliphatic carbocycles. The van der Waals surface area contributed by atoms with Crippen molar-refractivity contribution in [2.24, 2.45) is 5.10 Å². The smallest absolute Gasteiger partial charge is 0.338 e. The van der Waals surface area contributed by atoms with Crippen LogP contribution in [0.4, 0.5) is 13.2 Å². The van der Waals surface area contributed by atoms with Crippen LogP contribution in [0, 0.1) is 17.5 Å². The Labute approximate surface area is 134 Å². The molecular formula is C16H11F3N2O3. The van der Waals surface area contributed by atoms with Gasteiger partial charge in [0.25, 0.3) is 5.91 Å². The van der Waals surface area contributed by atoms with Crippen molar-refractivity contribution < 1.29 is 27.5 Å². The Bertz CT molecular complexity index is 799. The minimum atomic E-state index is -1.07. The Morgan fingerprint density at radius 2 is 1.71 bits per heavy atom. The third-order valence-corrected chi connectivity index (χ3v) is 2.98. The van der Waals surface area contributed by atoms with Crippen molar-refractivity contribution in [3.8, 4) is 0 Å². The normalized spacial score (nSPS) is 10.7. The monoisotopic (exact) mass is 336 g/mol. The average Bonchev–Trinajstić information content (AvgIpc) is 2.56. The summed E-state index contributed by atoms with van der Waals surface area (Å²) in [6.07, 6.45) is 0.713. The summed E-state index contributed by atoms with van der Waals surface area (Å²) in [4.78, 5) is 22.9. The number of hydrogen-bond acceptors (Lipinski definition) is 4. The van der Waals surface area contributed by atoms with Gasteiger partial charge < -0.3 is 4.74 Å². The first kappa shape index (κ1) is 17.2. The van der Waals surface area contributed by atoms with E-state index in [1.807, 2.05) is 5.43 Å². The zero-order valence-corrected chi connectivity index (χ0v) is 12.3. The summed E-state index contributed by atoms with van der Waals surface area (Å²) < 4.78 is 45.4. The number of carbonyl (C=O) groups is 2. The summed E-state index contributed by atoms with van der Waals surface area (Å²) in [6, 6.07) is 6.72. The summed E-state index contributed by atoms with van der Waals surface area (Å²) in [5.74, 6) is -4.68. The zero-order valence-electron chi connectivity index (χ0n) is 12.3. The predicted molar refractivity (Wildman–Crippen MR) is 79.2 cm³/mol. The molecule has 0 aliphatic heterocycles. The second-order valence-corrected chi connectivity index (χ2v) is 4.52. The number of ether oxygens (including phenoxy) is 1. The van der Waals surface area contributed by atoms with Crippen LogP contribution in [0.3, 0.4) is 0 Å². The second-order valence-electron chi connectivity index (χ2n) is 4.52. The highest BCUT2D eigenvalue weighted by atomic mass is 19.1. The molecule has 0 aromatic heterocycles. The largest absolute Gasteiger partial charge is 0.465 e.